The van der Waals surface area contributed by atoms with Crippen LogP contribution in [-0.2, 0) is 17.9 Å². The van der Waals surface area contributed by atoms with E-state index in [1.807, 2.05) is 24.3 Å². The molecule has 0 aromatic heterocycles. The van der Waals surface area contributed by atoms with Crippen LogP contribution in [0.4, 0.5) is 0 Å². The number of ether oxygens (including phenoxy) is 2. The first kappa shape index (κ1) is 20.5. The summed E-state index contributed by atoms with van der Waals surface area (Å²) in [5.41, 5.74) is 3.35. The van der Waals surface area contributed by atoms with E-state index in [1.165, 1.54) is 12.0 Å². The molecule has 0 spiro atoms. The number of benzene rings is 2. The molecule has 0 aliphatic carbocycles. The molecule has 3 saturated heterocycles. The van der Waals surface area contributed by atoms with Gasteiger partial charge < -0.3 is 14.6 Å². The summed E-state index contributed by atoms with van der Waals surface area (Å²) in [6, 6.07) is 16.1. The molecule has 5 heteroatoms. The van der Waals surface area contributed by atoms with Gasteiger partial charge in [0, 0.05) is 6.54 Å². The number of morpholine rings is 1. The van der Waals surface area contributed by atoms with Gasteiger partial charge in [0.1, 0.15) is 12.4 Å². The molecule has 3 heterocycles. The molecule has 5 nitrogen and oxygen atoms in total. The summed E-state index contributed by atoms with van der Waals surface area (Å²) >= 11 is 0. The van der Waals surface area contributed by atoms with Crippen molar-refractivity contribution in [3.63, 3.8) is 0 Å². The lowest BCUT2D eigenvalue weighted by Gasteiger charge is -2.42. The van der Waals surface area contributed by atoms with Gasteiger partial charge in [-0.05, 0) is 35.7 Å². The number of piperidine rings is 1. The highest BCUT2D eigenvalue weighted by Gasteiger charge is 2.43. The summed E-state index contributed by atoms with van der Waals surface area (Å²) in [5, 5.41) is 9.08. The van der Waals surface area contributed by atoms with Crippen molar-refractivity contribution in [1.82, 2.24) is 4.90 Å². The maximum Gasteiger partial charge on any atom is 0.304 e. The van der Waals surface area contributed by atoms with Gasteiger partial charge in [-0.2, -0.15) is 0 Å². The fraction of sp³-hybridized carbons (Fsp3) is 0.400. The highest BCUT2D eigenvalue weighted by Crippen LogP contribution is 2.26. The van der Waals surface area contributed by atoms with Crippen molar-refractivity contribution in [2.75, 3.05) is 13.1 Å². The van der Waals surface area contributed by atoms with Crippen molar-refractivity contribution in [3.05, 3.63) is 65.2 Å². The van der Waals surface area contributed by atoms with Gasteiger partial charge in [0.15, 0.2) is 12.2 Å². The van der Waals surface area contributed by atoms with Crippen molar-refractivity contribution in [1.29, 1.82) is 0 Å². The Morgan fingerprint density at radius 1 is 1.20 bits per heavy atom. The van der Waals surface area contributed by atoms with E-state index >= 15 is 0 Å². The smallest absolute Gasteiger partial charge is 0.304 e. The minimum absolute atomic E-state index is 0.000437. The van der Waals surface area contributed by atoms with Crippen LogP contribution in [-0.4, -0.2) is 46.0 Å². The standard InChI is InChI=1S/C25H27NO4/c1-2-4-21(12-25(27)28)20-7-9-22(10-8-20)29-17-19-6-3-5-18(11-19)14-26-15-23-13-24(16-26)30-23/h3,5-11,21,23-24H,12-17H2,1H3,(H,27,28)/p+1/t21-,23?,24?/m0/s1. The number of aliphatic carboxylic acids is 1. The molecule has 2 aromatic carbocycles. The van der Waals surface area contributed by atoms with Crippen molar-refractivity contribution in [3.8, 4) is 17.6 Å². The van der Waals surface area contributed by atoms with Crippen LogP contribution in [0, 0.1) is 11.8 Å². The van der Waals surface area contributed by atoms with E-state index in [9.17, 15) is 4.79 Å². The number of carboxylic acids is 1. The lowest BCUT2D eigenvalue weighted by Crippen LogP contribution is -2.59. The van der Waals surface area contributed by atoms with Gasteiger partial charge in [-0.1, -0.05) is 42.3 Å². The van der Waals surface area contributed by atoms with E-state index in [4.69, 9.17) is 9.84 Å². The minimum Gasteiger partial charge on any atom is -0.489 e. The van der Waals surface area contributed by atoms with Crippen LogP contribution in [0.2, 0.25) is 0 Å². The third-order valence-electron chi connectivity index (χ3n) is 5.69. The summed E-state index contributed by atoms with van der Waals surface area (Å²) in [5.74, 6) is 5.41. The molecule has 3 atom stereocenters. The molecule has 0 saturated carbocycles. The molecule has 3 aliphatic heterocycles. The van der Waals surface area contributed by atoms with Crippen molar-refractivity contribution in [2.45, 2.75) is 51.0 Å². The molecule has 5 rings (SSSR count). The SMILES string of the molecule is CC#C[C@@H](CC(=O)O)c1ccc(OCc2cccc(CN3CC4CC(C3)[OH+]4)c2)cc1. The summed E-state index contributed by atoms with van der Waals surface area (Å²) < 4.78 is 10.6. The first-order valence-electron chi connectivity index (χ1n) is 10.5. The number of fused-ring (bicyclic) bond motifs is 2. The zero-order valence-corrected chi connectivity index (χ0v) is 17.3. The fourth-order valence-corrected chi connectivity index (χ4v) is 4.28. The number of aliphatic hydroxyl groups is 2. The number of nitrogens with zero attached hydrogens (tertiary/aromatic N) is 1. The Morgan fingerprint density at radius 3 is 2.57 bits per heavy atom. The summed E-state index contributed by atoms with van der Waals surface area (Å²) in [7, 11) is 0. The molecule has 0 amide bonds. The molecule has 3 fully saturated rings. The maximum absolute atomic E-state index is 11.1. The Hall–Kier alpha value is -2.81. The van der Waals surface area contributed by atoms with Crippen molar-refractivity contribution < 1.29 is 19.4 Å². The van der Waals surface area contributed by atoms with Crippen molar-refractivity contribution >= 4 is 5.97 Å². The quantitative estimate of drug-likeness (QED) is 0.540. The molecule has 0 radical (unpaired) electrons. The summed E-state index contributed by atoms with van der Waals surface area (Å²) in [4.78, 5) is 13.6. The predicted octanol–water partition coefficient (Wildman–Crippen LogP) is 3.33. The zero-order chi connectivity index (χ0) is 20.9. The van der Waals surface area contributed by atoms with Gasteiger partial charge >= 0.3 is 5.97 Å². The predicted molar refractivity (Wildman–Crippen MR) is 115 cm³/mol. The van der Waals surface area contributed by atoms with Gasteiger partial charge in [0.05, 0.1) is 31.8 Å². The van der Waals surface area contributed by atoms with E-state index in [-0.39, 0.29) is 12.3 Å². The van der Waals surface area contributed by atoms with Gasteiger partial charge in [-0.15, -0.1) is 5.92 Å². The monoisotopic (exact) mass is 406 g/mol. The Balaban J connectivity index is 1.33. The van der Waals surface area contributed by atoms with Crippen LogP contribution in [0.3, 0.4) is 0 Å². The molecule has 2 bridgehead atoms. The molecule has 2 aromatic rings. The summed E-state index contributed by atoms with van der Waals surface area (Å²) in [6.07, 6.45) is 2.37. The van der Waals surface area contributed by atoms with Crippen LogP contribution in [0.1, 0.15) is 42.4 Å². The number of rotatable bonds is 8. The van der Waals surface area contributed by atoms with E-state index in [0.717, 1.165) is 36.5 Å². The third kappa shape index (κ3) is 5.21. The van der Waals surface area contributed by atoms with E-state index < -0.39 is 5.97 Å². The number of hydrogen-bond acceptors (Lipinski definition) is 3. The summed E-state index contributed by atoms with van der Waals surface area (Å²) in [6.45, 7) is 5.35. The molecular formula is C25H28NO4+. The molecular weight excluding hydrogens is 378 g/mol. The Kier molecular flexibility index (Phi) is 6.37. The first-order valence-corrected chi connectivity index (χ1v) is 10.5. The van der Waals surface area contributed by atoms with Gasteiger partial charge in [-0.3, -0.25) is 9.69 Å². The van der Waals surface area contributed by atoms with Crippen LogP contribution < -0.4 is 4.74 Å². The molecule has 2 unspecified atom stereocenters. The van der Waals surface area contributed by atoms with Gasteiger partial charge in [0.25, 0.3) is 0 Å². The average Bonchev–Trinajstić information content (AvgIpc) is 2.72. The highest BCUT2D eigenvalue weighted by molar-refractivity contribution is 5.69. The zero-order valence-electron chi connectivity index (χ0n) is 17.3. The highest BCUT2D eigenvalue weighted by atomic mass is 16.5. The van der Waals surface area contributed by atoms with E-state index in [1.54, 1.807) is 6.92 Å². The molecule has 156 valence electrons. The Labute approximate surface area is 177 Å². The Morgan fingerprint density at radius 2 is 1.90 bits per heavy atom. The largest absolute Gasteiger partial charge is 0.489 e. The van der Waals surface area contributed by atoms with Crippen LogP contribution in [0.15, 0.2) is 48.5 Å². The lowest BCUT2D eigenvalue weighted by molar-refractivity contribution is -0.295. The maximum atomic E-state index is 11.1. The topological polar surface area (TPSA) is 62.6 Å². The number of hydrogen-bond donors (Lipinski definition) is 1. The first-order chi connectivity index (χ1) is 14.6. The van der Waals surface area contributed by atoms with Gasteiger partial charge in [-0.25, -0.2) is 0 Å². The minimum atomic E-state index is -0.848. The normalized spacial score (nSPS) is 21.1. The fourth-order valence-electron chi connectivity index (χ4n) is 4.28. The van der Waals surface area contributed by atoms with Crippen molar-refractivity contribution in [2.24, 2.45) is 0 Å². The second kappa shape index (κ2) is 9.34. The van der Waals surface area contributed by atoms with Crippen LogP contribution in [0.25, 0.3) is 0 Å². The van der Waals surface area contributed by atoms with E-state index in [0.29, 0.717) is 18.8 Å². The molecule has 2 N–H and O–H groups in total. The Bertz CT molecular complexity index is 928. The second-order valence-corrected chi connectivity index (χ2v) is 8.11. The third-order valence-corrected chi connectivity index (χ3v) is 5.69. The van der Waals surface area contributed by atoms with Crippen LogP contribution in [0.5, 0.6) is 5.75 Å². The second-order valence-electron chi connectivity index (χ2n) is 8.11. The number of carboxylic acid groups (broad SMARTS) is 1. The average molecular weight is 407 g/mol. The van der Waals surface area contributed by atoms with Crippen LogP contribution >= 0.6 is 0 Å². The molecule has 3 aliphatic rings. The van der Waals surface area contributed by atoms with Gasteiger partial charge in [0.2, 0.25) is 0 Å². The lowest BCUT2D eigenvalue weighted by atomic mass is 9.96. The number of carbonyl (C=O) groups is 1. The molecule has 30 heavy (non-hydrogen) atoms. The van der Waals surface area contributed by atoms with E-state index in [2.05, 4.69) is 45.7 Å².